The minimum atomic E-state index is -0.449. The maximum Gasteiger partial charge on any atom is 0.414 e. The Balaban J connectivity index is 1.02. The third-order valence-corrected chi connectivity index (χ3v) is 9.00. The van der Waals surface area contributed by atoms with Crippen LogP contribution in [0.5, 0.6) is 0 Å². The summed E-state index contributed by atoms with van der Waals surface area (Å²) in [5.41, 5.74) is 6.25. The zero-order valence-electron chi connectivity index (χ0n) is 25.0. The van der Waals surface area contributed by atoms with Crippen LogP contribution in [0.15, 0.2) is 66.9 Å². The van der Waals surface area contributed by atoms with Crippen molar-refractivity contribution in [2.75, 3.05) is 24.5 Å². The van der Waals surface area contributed by atoms with Crippen LogP contribution < -0.4 is 4.90 Å². The first-order valence-electron chi connectivity index (χ1n) is 15.2. The van der Waals surface area contributed by atoms with Gasteiger partial charge in [0, 0.05) is 31.4 Å². The first-order valence-corrected chi connectivity index (χ1v) is 15.2. The Morgan fingerprint density at radius 2 is 1.67 bits per heavy atom. The van der Waals surface area contributed by atoms with Crippen LogP contribution in [0.4, 0.5) is 15.3 Å². The van der Waals surface area contributed by atoms with E-state index in [4.69, 9.17) is 14.5 Å². The number of benzene rings is 2. The molecule has 0 radical (unpaired) electrons. The number of anilines is 1. The lowest BCUT2D eigenvalue weighted by Gasteiger charge is -2.52. The molecule has 1 spiro atoms. The average Bonchev–Trinajstić information content (AvgIpc) is 3.40. The molecule has 7 heteroatoms. The maximum atomic E-state index is 12.9. The van der Waals surface area contributed by atoms with Gasteiger partial charge in [-0.3, -0.25) is 9.88 Å². The van der Waals surface area contributed by atoms with Crippen LogP contribution >= 0.6 is 0 Å². The summed E-state index contributed by atoms with van der Waals surface area (Å²) in [6, 6.07) is 20.2. The number of likely N-dealkylation sites (tertiary alicyclic amines) is 1. The highest BCUT2D eigenvalue weighted by atomic mass is 16.6. The fourth-order valence-corrected chi connectivity index (χ4v) is 6.91. The van der Waals surface area contributed by atoms with Crippen molar-refractivity contribution in [1.82, 2.24) is 9.88 Å². The van der Waals surface area contributed by atoms with Gasteiger partial charge in [0.15, 0.2) is 0 Å². The molecule has 3 aliphatic rings. The van der Waals surface area contributed by atoms with E-state index in [1.807, 2.05) is 74.3 Å². The highest BCUT2D eigenvalue weighted by Gasteiger charge is 2.46. The molecule has 6 rings (SSSR count). The maximum absolute atomic E-state index is 12.9. The second-order valence-corrected chi connectivity index (χ2v) is 13.2. The summed E-state index contributed by atoms with van der Waals surface area (Å²) in [5.74, 6) is 0.669. The fraction of sp³-hybridized carbons (Fsp3) is 0.457. The molecule has 1 saturated carbocycles. The Morgan fingerprint density at radius 1 is 0.905 bits per heavy atom. The molecule has 2 aliphatic heterocycles. The Hall–Kier alpha value is -3.87. The number of fused-ring (bicyclic) bond motifs is 1. The Bertz CT molecular complexity index is 1410. The molecule has 42 heavy (non-hydrogen) atoms. The van der Waals surface area contributed by atoms with E-state index in [-0.39, 0.29) is 18.8 Å². The first kappa shape index (κ1) is 28.3. The number of piperidine rings is 1. The van der Waals surface area contributed by atoms with Gasteiger partial charge in [0.05, 0.1) is 11.4 Å². The van der Waals surface area contributed by atoms with Crippen molar-refractivity contribution in [2.24, 2.45) is 11.3 Å². The van der Waals surface area contributed by atoms with Gasteiger partial charge in [-0.2, -0.15) is 0 Å². The van der Waals surface area contributed by atoms with Crippen molar-refractivity contribution in [2.45, 2.75) is 71.5 Å². The van der Waals surface area contributed by atoms with Crippen molar-refractivity contribution in [3.8, 4) is 11.3 Å². The van der Waals surface area contributed by atoms with Gasteiger partial charge < -0.3 is 14.4 Å². The number of aromatic nitrogens is 1. The number of nitrogens with zero attached hydrogens (tertiary/aromatic N) is 3. The summed E-state index contributed by atoms with van der Waals surface area (Å²) in [7, 11) is 0. The van der Waals surface area contributed by atoms with Gasteiger partial charge in [0.2, 0.25) is 0 Å². The Kier molecular flexibility index (Phi) is 7.69. The van der Waals surface area contributed by atoms with Crippen LogP contribution in [0.1, 0.15) is 63.1 Å². The normalized spacial score (nSPS) is 18.0. The second-order valence-electron chi connectivity index (χ2n) is 13.2. The van der Waals surface area contributed by atoms with Gasteiger partial charge in [0.1, 0.15) is 12.2 Å². The van der Waals surface area contributed by atoms with Crippen molar-refractivity contribution >= 4 is 17.9 Å². The van der Waals surface area contributed by atoms with Gasteiger partial charge in [-0.15, -0.1) is 0 Å². The highest BCUT2D eigenvalue weighted by molar-refractivity contribution is 5.92. The molecule has 2 fully saturated rings. The van der Waals surface area contributed by atoms with Gasteiger partial charge in [-0.1, -0.05) is 48.5 Å². The van der Waals surface area contributed by atoms with E-state index in [9.17, 15) is 9.59 Å². The molecule has 0 atom stereocenters. The number of hydrogen-bond acceptors (Lipinski definition) is 5. The quantitative estimate of drug-likeness (QED) is 0.321. The van der Waals surface area contributed by atoms with E-state index in [0.29, 0.717) is 17.9 Å². The van der Waals surface area contributed by atoms with Crippen LogP contribution in [0.2, 0.25) is 0 Å². The van der Waals surface area contributed by atoms with Gasteiger partial charge in [-0.05, 0) is 99.5 Å². The van der Waals surface area contributed by atoms with E-state index in [0.717, 1.165) is 66.8 Å². The zero-order chi connectivity index (χ0) is 29.3. The molecule has 220 valence electrons. The van der Waals surface area contributed by atoms with E-state index < -0.39 is 5.60 Å². The second kappa shape index (κ2) is 11.4. The standard InChI is InChI=1S/C35H41N3O4/c1-34(2,3)42-32(39)37-18-15-35(16-19-37)21-27(22-35)20-26-12-13-30(36-23-26)28-10-7-11-31-29(28)14-17-38(31)33(40)41-24-25-8-5-4-6-9-25/h4-13,23,27H,14-22,24H2,1-3H3. The van der Waals surface area contributed by atoms with Crippen molar-refractivity contribution < 1.29 is 19.1 Å². The summed E-state index contributed by atoms with van der Waals surface area (Å²) in [6.45, 7) is 8.21. The summed E-state index contributed by atoms with van der Waals surface area (Å²) in [6.07, 6.45) is 7.92. The lowest BCUT2D eigenvalue weighted by Crippen LogP contribution is -2.50. The summed E-state index contributed by atoms with van der Waals surface area (Å²) in [4.78, 5) is 33.8. The highest BCUT2D eigenvalue weighted by Crippen LogP contribution is 2.53. The fourth-order valence-electron chi connectivity index (χ4n) is 6.91. The topological polar surface area (TPSA) is 72.0 Å². The molecule has 2 aromatic carbocycles. The smallest absolute Gasteiger partial charge is 0.414 e. The minimum absolute atomic E-state index is 0.181. The number of rotatable bonds is 5. The van der Waals surface area contributed by atoms with Crippen LogP contribution in [-0.4, -0.2) is 47.3 Å². The lowest BCUT2D eigenvalue weighted by atomic mass is 9.56. The number of carbonyl (C=O) groups is 2. The SMILES string of the molecule is CC(C)(C)OC(=O)N1CCC2(CC1)CC(Cc1ccc(-c3cccc4c3CCN4C(=O)OCc3ccccc3)nc1)C2. The van der Waals surface area contributed by atoms with Gasteiger partial charge in [-0.25, -0.2) is 9.59 Å². The molecule has 2 amide bonds. The first-order chi connectivity index (χ1) is 20.2. The molecule has 1 saturated heterocycles. The van der Waals surface area contributed by atoms with Crippen LogP contribution in [0, 0.1) is 11.3 Å². The average molecular weight is 568 g/mol. The molecule has 7 nitrogen and oxygen atoms in total. The van der Waals surface area contributed by atoms with E-state index in [2.05, 4.69) is 18.2 Å². The van der Waals surface area contributed by atoms with Crippen LogP contribution in [0.25, 0.3) is 11.3 Å². The predicted octanol–water partition coefficient (Wildman–Crippen LogP) is 7.42. The molecule has 0 unspecified atom stereocenters. The summed E-state index contributed by atoms with van der Waals surface area (Å²) in [5, 5.41) is 0. The van der Waals surface area contributed by atoms with E-state index in [1.165, 1.54) is 18.4 Å². The molecular formula is C35H41N3O4. The number of pyridine rings is 1. The monoisotopic (exact) mass is 567 g/mol. The van der Waals surface area contributed by atoms with Crippen molar-refractivity contribution in [3.05, 3.63) is 83.6 Å². The number of ether oxygens (including phenoxy) is 2. The predicted molar refractivity (Wildman–Crippen MR) is 163 cm³/mol. The van der Waals surface area contributed by atoms with Crippen molar-refractivity contribution in [3.63, 3.8) is 0 Å². The molecule has 3 heterocycles. The number of hydrogen-bond donors (Lipinski definition) is 0. The van der Waals surface area contributed by atoms with Gasteiger partial charge in [0.25, 0.3) is 0 Å². The molecular weight excluding hydrogens is 526 g/mol. The summed E-state index contributed by atoms with van der Waals surface area (Å²) < 4.78 is 11.2. The van der Waals surface area contributed by atoms with Crippen LogP contribution in [-0.2, 0) is 28.9 Å². The molecule has 3 aromatic rings. The summed E-state index contributed by atoms with van der Waals surface area (Å²) >= 11 is 0. The minimum Gasteiger partial charge on any atom is -0.444 e. The Morgan fingerprint density at radius 3 is 2.36 bits per heavy atom. The van der Waals surface area contributed by atoms with Crippen molar-refractivity contribution in [1.29, 1.82) is 0 Å². The third kappa shape index (κ3) is 6.15. The molecule has 1 aliphatic carbocycles. The molecule has 1 aromatic heterocycles. The molecule has 0 bridgehead atoms. The van der Waals surface area contributed by atoms with E-state index >= 15 is 0 Å². The number of carbonyl (C=O) groups excluding carboxylic acids is 2. The third-order valence-electron chi connectivity index (χ3n) is 9.00. The van der Waals surface area contributed by atoms with Gasteiger partial charge >= 0.3 is 12.2 Å². The Labute approximate surface area is 248 Å². The number of amides is 2. The molecule has 0 N–H and O–H groups in total. The zero-order valence-corrected chi connectivity index (χ0v) is 25.0. The lowest BCUT2D eigenvalue weighted by molar-refractivity contribution is -0.0270. The largest absolute Gasteiger partial charge is 0.444 e. The van der Waals surface area contributed by atoms with E-state index in [1.54, 1.807) is 4.90 Å². The van der Waals surface area contributed by atoms with Crippen LogP contribution in [0.3, 0.4) is 0 Å².